The van der Waals surface area contributed by atoms with Gasteiger partial charge in [-0.2, -0.15) is 0 Å². The second-order valence-electron chi connectivity index (χ2n) is 4.36. The van der Waals surface area contributed by atoms with Gasteiger partial charge in [0.15, 0.2) is 0 Å². The molecule has 0 amide bonds. The number of carboxylic acids is 1. The molecule has 1 aliphatic rings. The van der Waals surface area contributed by atoms with E-state index in [4.69, 9.17) is 0 Å². The zero-order chi connectivity index (χ0) is 11.6. The van der Waals surface area contributed by atoms with Crippen molar-refractivity contribution in [3.05, 3.63) is 29.8 Å². The normalized spacial score (nSPS) is 24.5. The number of hydrogen-bond acceptors (Lipinski definition) is 3. The molecular weight excluding hydrogens is 206 g/mol. The lowest BCUT2D eigenvalue weighted by atomic mass is 9.81. The van der Waals surface area contributed by atoms with Crippen molar-refractivity contribution in [1.82, 2.24) is 5.32 Å². The molecule has 0 aromatic heterocycles. The second kappa shape index (κ2) is 4.14. The number of phenols is 1. The predicted molar refractivity (Wildman–Crippen MR) is 59.4 cm³/mol. The lowest BCUT2D eigenvalue weighted by Gasteiger charge is -2.22. The van der Waals surface area contributed by atoms with Crippen molar-refractivity contribution >= 4 is 5.97 Å². The van der Waals surface area contributed by atoms with Crippen molar-refractivity contribution in [3.8, 4) is 5.75 Å². The Balaban J connectivity index is 2.21. The average molecular weight is 221 g/mol. The molecule has 16 heavy (non-hydrogen) atoms. The molecule has 4 heteroatoms. The van der Waals surface area contributed by atoms with Gasteiger partial charge in [0.1, 0.15) is 5.75 Å². The Hall–Kier alpha value is -1.55. The lowest BCUT2D eigenvalue weighted by molar-refractivity contribution is -0.147. The summed E-state index contributed by atoms with van der Waals surface area (Å²) in [5.74, 6) is -0.579. The fraction of sp³-hybridized carbons (Fsp3) is 0.417. The number of phenolic OH excluding ortho intramolecular Hbond substituents is 1. The first-order valence-electron chi connectivity index (χ1n) is 5.34. The molecule has 0 spiro atoms. The fourth-order valence-corrected chi connectivity index (χ4v) is 2.21. The van der Waals surface area contributed by atoms with Gasteiger partial charge < -0.3 is 15.5 Å². The Bertz CT molecular complexity index is 397. The van der Waals surface area contributed by atoms with Crippen LogP contribution in [0.1, 0.15) is 12.0 Å². The monoisotopic (exact) mass is 221 g/mol. The van der Waals surface area contributed by atoms with Crippen LogP contribution in [-0.2, 0) is 11.2 Å². The minimum atomic E-state index is -0.763. The van der Waals surface area contributed by atoms with Crippen LogP contribution in [0.3, 0.4) is 0 Å². The third kappa shape index (κ3) is 2.02. The predicted octanol–water partition coefficient (Wildman–Crippen LogP) is 0.999. The first-order valence-corrected chi connectivity index (χ1v) is 5.34. The van der Waals surface area contributed by atoms with Crippen LogP contribution in [-0.4, -0.2) is 29.3 Å². The average Bonchev–Trinajstić information content (AvgIpc) is 2.67. The molecule has 0 saturated carbocycles. The van der Waals surface area contributed by atoms with Crippen molar-refractivity contribution in [1.29, 1.82) is 0 Å². The first kappa shape index (κ1) is 11.0. The van der Waals surface area contributed by atoms with Crippen molar-refractivity contribution in [2.24, 2.45) is 5.41 Å². The van der Waals surface area contributed by atoms with Gasteiger partial charge in [0.05, 0.1) is 5.41 Å². The SMILES string of the molecule is O=C(O)C1(Cc2cccc(O)c2)CCNC1. The highest BCUT2D eigenvalue weighted by Crippen LogP contribution is 2.31. The number of carboxylic acid groups (broad SMARTS) is 1. The molecule has 2 rings (SSSR count). The number of nitrogens with one attached hydrogen (secondary N) is 1. The molecule has 3 N–H and O–H groups in total. The van der Waals surface area contributed by atoms with E-state index in [0.717, 1.165) is 12.1 Å². The van der Waals surface area contributed by atoms with E-state index in [1.54, 1.807) is 18.2 Å². The van der Waals surface area contributed by atoms with Crippen molar-refractivity contribution < 1.29 is 15.0 Å². The topological polar surface area (TPSA) is 69.6 Å². The lowest BCUT2D eigenvalue weighted by Crippen LogP contribution is -2.35. The molecule has 1 aromatic rings. The molecule has 4 nitrogen and oxygen atoms in total. The summed E-state index contributed by atoms with van der Waals surface area (Å²) in [6, 6.07) is 6.80. The molecule has 1 fully saturated rings. The molecule has 1 aliphatic heterocycles. The van der Waals surface area contributed by atoms with Gasteiger partial charge in [-0.15, -0.1) is 0 Å². The van der Waals surface area contributed by atoms with E-state index >= 15 is 0 Å². The van der Waals surface area contributed by atoms with Crippen molar-refractivity contribution in [2.45, 2.75) is 12.8 Å². The van der Waals surface area contributed by atoms with Crippen LogP contribution in [0.4, 0.5) is 0 Å². The van der Waals surface area contributed by atoms with E-state index in [2.05, 4.69) is 5.32 Å². The van der Waals surface area contributed by atoms with Crippen LogP contribution < -0.4 is 5.32 Å². The van der Waals surface area contributed by atoms with E-state index in [1.807, 2.05) is 6.07 Å². The van der Waals surface area contributed by atoms with Gasteiger partial charge in [0.25, 0.3) is 0 Å². The van der Waals surface area contributed by atoms with Gasteiger partial charge in [-0.1, -0.05) is 12.1 Å². The van der Waals surface area contributed by atoms with E-state index in [0.29, 0.717) is 19.4 Å². The summed E-state index contributed by atoms with van der Waals surface area (Å²) in [5, 5.41) is 21.7. The highest BCUT2D eigenvalue weighted by molar-refractivity contribution is 5.76. The largest absolute Gasteiger partial charge is 0.508 e. The quantitative estimate of drug-likeness (QED) is 0.712. The van der Waals surface area contributed by atoms with Crippen LogP contribution in [0.15, 0.2) is 24.3 Å². The molecule has 1 saturated heterocycles. The Kier molecular flexibility index (Phi) is 2.83. The van der Waals surface area contributed by atoms with E-state index in [9.17, 15) is 15.0 Å². The third-order valence-electron chi connectivity index (χ3n) is 3.15. The number of benzene rings is 1. The molecule has 0 bridgehead atoms. The summed E-state index contributed by atoms with van der Waals surface area (Å²) < 4.78 is 0. The van der Waals surface area contributed by atoms with Gasteiger partial charge in [-0.05, 0) is 37.1 Å². The second-order valence-corrected chi connectivity index (χ2v) is 4.36. The van der Waals surface area contributed by atoms with E-state index in [1.165, 1.54) is 0 Å². The summed E-state index contributed by atoms with van der Waals surface area (Å²) in [4.78, 5) is 11.3. The third-order valence-corrected chi connectivity index (χ3v) is 3.15. The summed E-state index contributed by atoms with van der Waals surface area (Å²) in [7, 11) is 0. The smallest absolute Gasteiger partial charge is 0.311 e. The minimum Gasteiger partial charge on any atom is -0.508 e. The molecule has 1 unspecified atom stereocenters. The number of hydrogen-bond donors (Lipinski definition) is 3. The molecular formula is C12H15NO3. The van der Waals surface area contributed by atoms with Gasteiger partial charge in [-0.25, -0.2) is 0 Å². The number of aliphatic carboxylic acids is 1. The van der Waals surface area contributed by atoms with Crippen LogP contribution in [0.2, 0.25) is 0 Å². The van der Waals surface area contributed by atoms with E-state index < -0.39 is 11.4 Å². The van der Waals surface area contributed by atoms with Crippen LogP contribution in [0.5, 0.6) is 5.75 Å². The fourth-order valence-electron chi connectivity index (χ4n) is 2.21. The van der Waals surface area contributed by atoms with Gasteiger partial charge in [-0.3, -0.25) is 4.79 Å². The van der Waals surface area contributed by atoms with Crippen LogP contribution in [0.25, 0.3) is 0 Å². The maximum atomic E-state index is 11.3. The zero-order valence-electron chi connectivity index (χ0n) is 8.94. The summed E-state index contributed by atoms with van der Waals surface area (Å²) in [6.45, 7) is 1.24. The van der Waals surface area contributed by atoms with Gasteiger partial charge in [0, 0.05) is 6.54 Å². The number of carbonyl (C=O) groups is 1. The summed E-state index contributed by atoms with van der Waals surface area (Å²) in [6.07, 6.45) is 1.10. The number of aromatic hydroxyl groups is 1. The molecule has 0 radical (unpaired) electrons. The van der Waals surface area contributed by atoms with Crippen LogP contribution >= 0.6 is 0 Å². The first-order chi connectivity index (χ1) is 7.62. The molecule has 0 aliphatic carbocycles. The summed E-state index contributed by atoms with van der Waals surface area (Å²) in [5.41, 5.74) is 0.152. The summed E-state index contributed by atoms with van der Waals surface area (Å²) >= 11 is 0. The molecule has 1 aromatic carbocycles. The van der Waals surface area contributed by atoms with Crippen molar-refractivity contribution in [2.75, 3.05) is 13.1 Å². The Morgan fingerprint density at radius 2 is 2.31 bits per heavy atom. The highest BCUT2D eigenvalue weighted by atomic mass is 16.4. The maximum absolute atomic E-state index is 11.3. The molecule has 1 atom stereocenters. The Morgan fingerprint density at radius 3 is 2.88 bits per heavy atom. The van der Waals surface area contributed by atoms with E-state index in [-0.39, 0.29) is 5.75 Å². The minimum absolute atomic E-state index is 0.184. The van der Waals surface area contributed by atoms with Gasteiger partial charge in [0.2, 0.25) is 0 Å². The maximum Gasteiger partial charge on any atom is 0.311 e. The van der Waals surface area contributed by atoms with Crippen LogP contribution in [0, 0.1) is 5.41 Å². The Labute approximate surface area is 93.9 Å². The zero-order valence-corrected chi connectivity index (χ0v) is 8.94. The van der Waals surface area contributed by atoms with Gasteiger partial charge >= 0.3 is 5.97 Å². The number of rotatable bonds is 3. The highest BCUT2D eigenvalue weighted by Gasteiger charge is 2.41. The molecule has 1 heterocycles. The van der Waals surface area contributed by atoms with Crippen molar-refractivity contribution in [3.63, 3.8) is 0 Å². The molecule has 86 valence electrons. The Morgan fingerprint density at radius 1 is 1.50 bits per heavy atom. The standard InChI is InChI=1S/C12H15NO3/c14-10-3-1-2-9(6-10)7-12(11(15)16)4-5-13-8-12/h1-3,6,13-14H,4-5,7-8H2,(H,15,16).